The van der Waals surface area contributed by atoms with E-state index in [2.05, 4.69) is 30.3 Å². The first-order valence-electron chi connectivity index (χ1n) is 6.41. The minimum atomic E-state index is 0.823. The first kappa shape index (κ1) is 11.0. The Balaban J connectivity index is 1.95. The van der Waals surface area contributed by atoms with Gasteiger partial charge in [-0.25, -0.2) is 9.97 Å². The second-order valence-electron chi connectivity index (χ2n) is 4.65. The third kappa shape index (κ3) is 1.73. The highest BCUT2D eigenvalue weighted by Crippen LogP contribution is 2.35. The first-order chi connectivity index (χ1) is 9.43. The average Bonchev–Trinajstić information content (AvgIpc) is 2.87. The summed E-state index contributed by atoms with van der Waals surface area (Å²) in [7, 11) is 0. The number of hydrogen-bond acceptors (Lipinski definition) is 7. The molecule has 6 nitrogen and oxygen atoms in total. The molecule has 3 aromatic rings. The highest BCUT2D eigenvalue weighted by Gasteiger charge is 2.19. The Bertz CT molecular complexity index is 733. The number of nitrogens with zero attached hydrogens (tertiary/aromatic N) is 6. The highest BCUT2D eigenvalue weighted by atomic mass is 32.1. The van der Waals surface area contributed by atoms with Gasteiger partial charge in [0.15, 0.2) is 5.82 Å². The van der Waals surface area contributed by atoms with Crippen LogP contribution < -0.4 is 4.90 Å². The Kier molecular flexibility index (Phi) is 2.51. The van der Waals surface area contributed by atoms with E-state index in [1.165, 1.54) is 19.3 Å². The molecule has 1 aliphatic heterocycles. The maximum absolute atomic E-state index is 4.35. The van der Waals surface area contributed by atoms with Crippen LogP contribution in [0.3, 0.4) is 0 Å². The average molecular weight is 272 g/mol. The molecule has 1 aliphatic rings. The van der Waals surface area contributed by atoms with Crippen LogP contribution in [0.25, 0.3) is 20.6 Å². The smallest absolute Gasteiger partial charge is 0.172 e. The third-order valence-corrected chi connectivity index (χ3v) is 4.52. The van der Waals surface area contributed by atoms with Crippen molar-refractivity contribution in [1.82, 2.24) is 25.4 Å². The molecule has 0 unspecified atom stereocenters. The molecule has 19 heavy (non-hydrogen) atoms. The largest absolute Gasteiger partial charge is 0.354 e. The van der Waals surface area contributed by atoms with Crippen LogP contribution in [0.5, 0.6) is 0 Å². The summed E-state index contributed by atoms with van der Waals surface area (Å²) in [5.74, 6) is 0.939. The molecule has 0 radical (unpaired) electrons. The quantitative estimate of drug-likeness (QED) is 0.675. The lowest BCUT2D eigenvalue weighted by molar-refractivity contribution is 0.571. The third-order valence-electron chi connectivity index (χ3n) is 3.45. The fraction of sp³-hybridized carbons (Fsp3) is 0.417. The molecule has 0 saturated carbocycles. The molecule has 0 spiro atoms. The summed E-state index contributed by atoms with van der Waals surface area (Å²) in [4.78, 5) is 11.9. The molecule has 3 aromatic heterocycles. The summed E-state index contributed by atoms with van der Waals surface area (Å²) in [6.07, 6.45) is 7.13. The molecule has 0 aliphatic carbocycles. The molecule has 0 aromatic carbocycles. The van der Waals surface area contributed by atoms with Gasteiger partial charge in [-0.15, -0.1) is 21.5 Å². The number of rotatable bonds is 1. The summed E-state index contributed by atoms with van der Waals surface area (Å²) in [6.45, 7) is 2.09. The van der Waals surface area contributed by atoms with Crippen molar-refractivity contribution in [2.75, 3.05) is 18.0 Å². The molecule has 1 fully saturated rings. The zero-order chi connectivity index (χ0) is 12.7. The maximum atomic E-state index is 4.35. The molecular formula is C12H12N6S. The summed E-state index contributed by atoms with van der Waals surface area (Å²) < 4.78 is 1.05. The van der Waals surface area contributed by atoms with Crippen molar-refractivity contribution in [3.8, 4) is 0 Å². The van der Waals surface area contributed by atoms with Crippen LogP contribution in [0.2, 0.25) is 0 Å². The lowest BCUT2D eigenvalue weighted by atomic mass is 10.1. The fourth-order valence-corrected chi connectivity index (χ4v) is 3.58. The van der Waals surface area contributed by atoms with E-state index >= 15 is 0 Å². The van der Waals surface area contributed by atoms with Crippen molar-refractivity contribution in [1.29, 1.82) is 0 Å². The van der Waals surface area contributed by atoms with Crippen LogP contribution in [-0.2, 0) is 0 Å². The van der Waals surface area contributed by atoms with Crippen molar-refractivity contribution in [3.63, 3.8) is 0 Å². The van der Waals surface area contributed by atoms with Crippen LogP contribution in [0.15, 0.2) is 12.4 Å². The van der Waals surface area contributed by atoms with Crippen molar-refractivity contribution in [2.24, 2.45) is 0 Å². The van der Waals surface area contributed by atoms with E-state index in [9.17, 15) is 0 Å². The van der Waals surface area contributed by atoms with Crippen molar-refractivity contribution in [2.45, 2.75) is 19.3 Å². The molecule has 0 N–H and O–H groups in total. The Hall–Kier alpha value is -1.89. The SMILES string of the molecule is c1cnc2c(n1)sc1c(N3CCCCC3)nnnc12. The Morgan fingerprint density at radius 1 is 0.947 bits per heavy atom. The number of piperidine rings is 1. The van der Waals surface area contributed by atoms with Crippen LogP contribution >= 0.6 is 11.3 Å². The predicted molar refractivity (Wildman–Crippen MR) is 74.4 cm³/mol. The monoisotopic (exact) mass is 272 g/mol. The van der Waals surface area contributed by atoms with Gasteiger partial charge < -0.3 is 4.90 Å². The number of fused-ring (bicyclic) bond motifs is 3. The van der Waals surface area contributed by atoms with Crippen molar-refractivity contribution >= 4 is 37.7 Å². The summed E-state index contributed by atoms with van der Waals surface area (Å²) in [5.41, 5.74) is 1.65. The van der Waals surface area contributed by atoms with Gasteiger partial charge in [0.25, 0.3) is 0 Å². The highest BCUT2D eigenvalue weighted by molar-refractivity contribution is 7.25. The molecule has 0 amide bonds. The minimum absolute atomic E-state index is 0.823. The van der Waals surface area contributed by atoms with Gasteiger partial charge in [0, 0.05) is 25.5 Å². The summed E-state index contributed by atoms with van der Waals surface area (Å²) in [5, 5.41) is 12.3. The maximum Gasteiger partial charge on any atom is 0.172 e. The van der Waals surface area contributed by atoms with Gasteiger partial charge in [-0.05, 0) is 24.5 Å². The van der Waals surface area contributed by atoms with Crippen molar-refractivity contribution in [3.05, 3.63) is 12.4 Å². The molecule has 4 rings (SSSR count). The van der Waals surface area contributed by atoms with E-state index in [-0.39, 0.29) is 0 Å². The first-order valence-corrected chi connectivity index (χ1v) is 7.22. The van der Waals surface area contributed by atoms with Crippen LogP contribution in [0, 0.1) is 0 Å². The Morgan fingerprint density at radius 2 is 1.79 bits per heavy atom. The van der Waals surface area contributed by atoms with Crippen LogP contribution in [-0.4, -0.2) is 38.5 Å². The summed E-state index contributed by atoms with van der Waals surface area (Å²) >= 11 is 1.60. The summed E-state index contributed by atoms with van der Waals surface area (Å²) in [6, 6.07) is 0. The number of aromatic nitrogens is 5. The second-order valence-corrected chi connectivity index (χ2v) is 5.65. The van der Waals surface area contributed by atoms with Crippen molar-refractivity contribution < 1.29 is 0 Å². The van der Waals surface area contributed by atoms with Crippen LogP contribution in [0.1, 0.15) is 19.3 Å². The lowest BCUT2D eigenvalue weighted by Crippen LogP contribution is -2.30. The molecule has 4 heterocycles. The second kappa shape index (κ2) is 4.34. The molecular weight excluding hydrogens is 260 g/mol. The Morgan fingerprint density at radius 3 is 2.68 bits per heavy atom. The van der Waals surface area contributed by atoms with E-state index in [1.807, 2.05) is 0 Å². The minimum Gasteiger partial charge on any atom is -0.354 e. The fourth-order valence-electron chi connectivity index (χ4n) is 2.53. The molecule has 1 saturated heterocycles. The van der Waals surface area contributed by atoms with E-state index in [1.54, 1.807) is 23.7 Å². The lowest BCUT2D eigenvalue weighted by Gasteiger charge is -2.27. The van der Waals surface area contributed by atoms with Gasteiger partial charge in [0.2, 0.25) is 0 Å². The van der Waals surface area contributed by atoms with Gasteiger partial charge in [-0.2, -0.15) is 0 Å². The normalized spacial score (nSPS) is 16.3. The van der Waals surface area contributed by atoms with Gasteiger partial charge in [-0.1, -0.05) is 0 Å². The number of thiophene rings is 1. The van der Waals surface area contributed by atoms with E-state index in [0.29, 0.717) is 0 Å². The van der Waals surface area contributed by atoms with E-state index < -0.39 is 0 Å². The number of anilines is 1. The van der Waals surface area contributed by atoms with E-state index in [4.69, 9.17) is 0 Å². The Labute approximate surface area is 113 Å². The zero-order valence-corrected chi connectivity index (χ0v) is 11.1. The van der Waals surface area contributed by atoms with E-state index in [0.717, 1.165) is 39.5 Å². The zero-order valence-electron chi connectivity index (χ0n) is 10.3. The van der Waals surface area contributed by atoms with Crippen LogP contribution in [0.4, 0.5) is 5.82 Å². The van der Waals surface area contributed by atoms with Gasteiger partial charge >= 0.3 is 0 Å². The molecule has 96 valence electrons. The van der Waals surface area contributed by atoms with Gasteiger partial charge in [0.05, 0.1) is 0 Å². The molecule has 7 heteroatoms. The molecule has 0 atom stereocenters. The molecule has 0 bridgehead atoms. The standard InChI is InChI=1S/C12H12N6S/c1-2-6-18(7-3-1)11-10-8(15-17-16-11)9-12(19-10)14-5-4-13-9/h4-5H,1-3,6-7H2. The van der Waals surface area contributed by atoms with Gasteiger partial charge in [0.1, 0.15) is 20.6 Å². The predicted octanol–water partition coefficient (Wildman–Crippen LogP) is 2.02. The van der Waals surface area contributed by atoms with Gasteiger partial charge in [-0.3, -0.25) is 0 Å². The topological polar surface area (TPSA) is 67.7 Å². The number of hydrogen-bond donors (Lipinski definition) is 0.